The van der Waals surface area contributed by atoms with E-state index < -0.39 is 16.5 Å². The maximum atomic E-state index is 13.2. The van der Waals surface area contributed by atoms with E-state index >= 15 is 0 Å². The molecule has 8 nitrogen and oxygen atoms in total. The zero-order valence-corrected chi connectivity index (χ0v) is 18.5. The van der Waals surface area contributed by atoms with Gasteiger partial charge in [-0.15, -0.1) is 0 Å². The number of ketones is 2. The van der Waals surface area contributed by atoms with E-state index in [9.17, 15) is 30.2 Å². The van der Waals surface area contributed by atoms with Crippen LogP contribution in [-0.2, 0) is 0 Å². The van der Waals surface area contributed by atoms with Gasteiger partial charge in [-0.05, 0) is 30.3 Å². The van der Waals surface area contributed by atoms with Crippen LogP contribution in [0.4, 0.5) is 5.69 Å². The summed E-state index contributed by atoms with van der Waals surface area (Å²) in [7, 11) is 0. The lowest BCUT2D eigenvalue weighted by Gasteiger charge is -1.99. The van der Waals surface area contributed by atoms with Crippen LogP contribution in [0.5, 0.6) is 0 Å². The molecular weight excluding hydrogens is 468 g/mol. The Morgan fingerprint density at radius 3 is 1.89 bits per heavy atom. The topological polar surface area (TPSA) is 141 Å². The Kier molecular flexibility index (Phi) is 6.23. The van der Waals surface area contributed by atoms with Crippen molar-refractivity contribution in [2.75, 3.05) is 0 Å². The van der Waals surface area contributed by atoms with E-state index in [1.165, 1.54) is 42.5 Å². The van der Waals surface area contributed by atoms with Gasteiger partial charge >= 0.3 is 0 Å². The van der Waals surface area contributed by atoms with Crippen molar-refractivity contribution in [3.8, 4) is 12.1 Å². The van der Waals surface area contributed by atoms with Crippen LogP contribution in [0.2, 0.25) is 5.02 Å². The highest BCUT2D eigenvalue weighted by atomic mass is 35.5. The summed E-state index contributed by atoms with van der Waals surface area (Å²) in [4.78, 5) is 39.9. The predicted octanol–water partition coefficient (Wildman–Crippen LogP) is 3.84. The van der Waals surface area contributed by atoms with Crippen molar-refractivity contribution in [3.05, 3.63) is 110 Å². The van der Waals surface area contributed by atoms with E-state index in [2.05, 4.69) is 4.98 Å². The Labute approximate surface area is 202 Å². The molecule has 0 fully saturated rings. The van der Waals surface area contributed by atoms with Gasteiger partial charge in [-0.3, -0.25) is 19.7 Å². The number of aromatic nitrogens is 1. The van der Waals surface area contributed by atoms with Crippen molar-refractivity contribution in [2.45, 2.75) is 0 Å². The minimum absolute atomic E-state index is 0.0326. The molecule has 4 rings (SSSR count). The molecule has 4 aromatic rings. The largest absolute Gasteiger partial charge is 0.352 e. The summed E-state index contributed by atoms with van der Waals surface area (Å²) in [6.07, 6.45) is 0. The van der Waals surface area contributed by atoms with Gasteiger partial charge in [0.25, 0.3) is 5.69 Å². The van der Waals surface area contributed by atoms with Crippen molar-refractivity contribution >= 4 is 50.8 Å². The SMILES string of the molecule is N#C/C(C(=O)c1ccccc1)=c1/[nH]/c(=C(/C#N)C(=O)c2ccc(Cl)cc2)c2cc([N+](=O)[O-])ccc12. The lowest BCUT2D eigenvalue weighted by atomic mass is 10.0. The minimum Gasteiger partial charge on any atom is -0.352 e. The van der Waals surface area contributed by atoms with Crippen LogP contribution in [0.25, 0.3) is 21.9 Å². The molecule has 0 spiro atoms. The average Bonchev–Trinajstić information content (AvgIpc) is 3.24. The van der Waals surface area contributed by atoms with Gasteiger partial charge < -0.3 is 4.98 Å². The zero-order chi connectivity index (χ0) is 25.1. The Balaban J connectivity index is 2.12. The second-order valence-electron chi connectivity index (χ2n) is 7.37. The second kappa shape index (κ2) is 9.44. The normalized spacial score (nSPS) is 12.3. The van der Waals surface area contributed by atoms with E-state index in [4.69, 9.17) is 11.6 Å². The van der Waals surface area contributed by atoms with Gasteiger partial charge in [-0.1, -0.05) is 41.9 Å². The lowest BCUT2D eigenvalue weighted by molar-refractivity contribution is -0.384. The van der Waals surface area contributed by atoms with Gasteiger partial charge in [0.05, 0.1) is 15.6 Å². The van der Waals surface area contributed by atoms with Gasteiger partial charge in [-0.25, -0.2) is 0 Å². The highest BCUT2D eigenvalue weighted by Crippen LogP contribution is 2.19. The molecule has 168 valence electrons. The van der Waals surface area contributed by atoms with Gasteiger partial charge in [0.1, 0.15) is 23.3 Å². The molecule has 0 bridgehead atoms. The fourth-order valence-corrected chi connectivity index (χ4v) is 3.77. The van der Waals surface area contributed by atoms with Crippen molar-refractivity contribution in [1.29, 1.82) is 10.5 Å². The quantitative estimate of drug-likeness (QED) is 0.261. The molecule has 0 aliphatic rings. The van der Waals surface area contributed by atoms with E-state index in [1.807, 2.05) is 12.1 Å². The summed E-state index contributed by atoms with van der Waals surface area (Å²) in [6.45, 7) is 0. The van der Waals surface area contributed by atoms with Crippen LogP contribution >= 0.6 is 11.6 Å². The summed E-state index contributed by atoms with van der Waals surface area (Å²) < 4.78 is 0. The monoisotopic (exact) mass is 480 g/mol. The van der Waals surface area contributed by atoms with Crippen LogP contribution in [0.1, 0.15) is 20.7 Å². The van der Waals surface area contributed by atoms with Gasteiger partial charge in [-0.2, -0.15) is 10.5 Å². The fraction of sp³-hybridized carbons (Fsp3) is 0. The van der Waals surface area contributed by atoms with Crippen LogP contribution in [0, 0.1) is 32.8 Å². The van der Waals surface area contributed by atoms with E-state index in [0.29, 0.717) is 5.02 Å². The number of aromatic amines is 1. The summed E-state index contributed by atoms with van der Waals surface area (Å²) in [6, 6.07) is 21.5. The molecule has 0 aliphatic heterocycles. The number of halogens is 1. The van der Waals surface area contributed by atoms with Gasteiger partial charge in [0.2, 0.25) is 11.6 Å². The van der Waals surface area contributed by atoms with Crippen LogP contribution in [0.15, 0.2) is 72.8 Å². The van der Waals surface area contributed by atoms with Crippen LogP contribution in [0.3, 0.4) is 0 Å². The number of benzene rings is 3. The average molecular weight is 481 g/mol. The van der Waals surface area contributed by atoms with Gasteiger partial charge in [0.15, 0.2) is 0 Å². The number of nitrogens with zero attached hydrogens (tertiary/aromatic N) is 3. The number of fused-ring (bicyclic) bond motifs is 1. The molecule has 0 amide bonds. The first-order valence-electron chi connectivity index (χ1n) is 10.1. The number of nitro groups is 1. The third-order valence-electron chi connectivity index (χ3n) is 5.32. The molecule has 0 saturated carbocycles. The number of rotatable bonds is 5. The number of nitrogens with one attached hydrogen (secondary N) is 1. The molecule has 1 N–H and O–H groups in total. The number of hydrogen-bond acceptors (Lipinski definition) is 6. The Morgan fingerprint density at radius 1 is 0.800 bits per heavy atom. The molecule has 0 radical (unpaired) electrons. The van der Waals surface area contributed by atoms with Crippen molar-refractivity contribution < 1.29 is 14.5 Å². The Bertz CT molecular complexity index is 1720. The highest BCUT2D eigenvalue weighted by molar-refractivity contribution is 6.32. The van der Waals surface area contributed by atoms with Crippen molar-refractivity contribution in [2.24, 2.45) is 0 Å². The first-order chi connectivity index (χ1) is 16.8. The summed E-state index contributed by atoms with van der Waals surface area (Å²) in [5.74, 6) is -1.23. The molecule has 0 atom stereocenters. The third kappa shape index (κ3) is 4.30. The van der Waals surface area contributed by atoms with E-state index in [-0.39, 0.29) is 49.4 Å². The molecule has 0 saturated heterocycles. The molecule has 0 unspecified atom stereocenters. The molecule has 9 heteroatoms. The minimum atomic E-state index is -0.654. The Morgan fingerprint density at radius 2 is 1.34 bits per heavy atom. The highest BCUT2D eigenvalue weighted by Gasteiger charge is 2.21. The number of hydrogen-bond donors (Lipinski definition) is 1. The van der Waals surface area contributed by atoms with E-state index in [1.54, 1.807) is 30.3 Å². The number of nitriles is 2. The smallest absolute Gasteiger partial charge is 0.270 e. The number of Topliss-reactive ketones (excluding diaryl/α,β-unsaturated/α-hetero) is 2. The van der Waals surface area contributed by atoms with E-state index in [0.717, 1.165) is 0 Å². The maximum absolute atomic E-state index is 13.2. The molecule has 0 aliphatic carbocycles. The van der Waals surface area contributed by atoms with Crippen molar-refractivity contribution in [1.82, 2.24) is 4.98 Å². The zero-order valence-electron chi connectivity index (χ0n) is 17.8. The number of carbonyl (C=O) groups excluding carboxylic acids is 2. The molecule has 35 heavy (non-hydrogen) atoms. The summed E-state index contributed by atoms with van der Waals surface area (Å²) >= 11 is 5.89. The first-order valence-corrected chi connectivity index (χ1v) is 10.5. The third-order valence-corrected chi connectivity index (χ3v) is 5.57. The van der Waals surface area contributed by atoms with Crippen LogP contribution in [-0.4, -0.2) is 21.5 Å². The maximum Gasteiger partial charge on any atom is 0.270 e. The molecular formula is C26H13ClN4O4. The fourth-order valence-electron chi connectivity index (χ4n) is 3.64. The summed E-state index contributed by atoms with van der Waals surface area (Å²) in [5, 5.41) is 32.0. The first kappa shape index (κ1) is 23.1. The number of H-pyrrole nitrogens is 1. The number of nitro benzene ring substituents is 1. The van der Waals surface area contributed by atoms with Crippen LogP contribution < -0.4 is 10.7 Å². The molecule has 1 heterocycles. The number of carbonyl (C=O) groups is 2. The van der Waals surface area contributed by atoms with Gasteiger partial charge in [0, 0.05) is 39.1 Å². The van der Waals surface area contributed by atoms with Crippen molar-refractivity contribution in [3.63, 3.8) is 0 Å². The predicted molar refractivity (Wildman–Crippen MR) is 129 cm³/mol. The second-order valence-corrected chi connectivity index (χ2v) is 7.80. The molecule has 1 aromatic heterocycles. The standard InChI is InChI=1S/C26H13ClN4O4/c27-17-8-6-16(7-9-17)26(33)22(14-29)24-20-12-18(31(34)35)10-11-19(20)23(30-24)21(13-28)25(32)15-4-2-1-3-5-15/h1-12,30H/b23-21-,24-22-. The Hall–Kier alpha value is -5.05. The summed E-state index contributed by atoms with van der Waals surface area (Å²) in [5.41, 5.74) is -0.456. The molecule has 3 aromatic carbocycles. The number of non-ortho nitro benzene ring substituents is 1. The lowest BCUT2D eigenvalue weighted by Crippen LogP contribution is -2.21.